The fourth-order valence-corrected chi connectivity index (χ4v) is 2.14. The molecule has 0 bridgehead atoms. The van der Waals surface area contributed by atoms with Gasteiger partial charge in [0, 0.05) is 22.9 Å². The van der Waals surface area contributed by atoms with E-state index in [0.29, 0.717) is 12.1 Å². The lowest BCUT2D eigenvalue weighted by Gasteiger charge is -2.12. The van der Waals surface area contributed by atoms with Gasteiger partial charge in [-0.25, -0.2) is 0 Å². The molecule has 2 atom stereocenters. The van der Waals surface area contributed by atoms with Crippen LogP contribution in [0.3, 0.4) is 0 Å². The monoisotopic (exact) mass is 288 g/mol. The van der Waals surface area contributed by atoms with Gasteiger partial charge >= 0.3 is 0 Å². The van der Waals surface area contributed by atoms with Crippen molar-refractivity contribution in [1.29, 1.82) is 0 Å². The average Bonchev–Trinajstić information content (AvgIpc) is 2.85. The van der Waals surface area contributed by atoms with Gasteiger partial charge in [0.25, 0.3) is 0 Å². The molecule has 2 unspecified atom stereocenters. The molecule has 0 saturated carbocycles. The first-order chi connectivity index (χ1) is 9.86. The fraction of sp³-hybridized carbons (Fsp3) is 0.214. The van der Waals surface area contributed by atoms with Crippen molar-refractivity contribution in [2.75, 3.05) is 5.32 Å². The number of anilines is 1. The van der Waals surface area contributed by atoms with E-state index in [4.69, 9.17) is 17.2 Å². The molecule has 7 heteroatoms. The van der Waals surface area contributed by atoms with Crippen molar-refractivity contribution < 1.29 is 14.4 Å². The predicted molar refractivity (Wildman–Crippen MR) is 77.3 cm³/mol. The first kappa shape index (κ1) is 14.7. The van der Waals surface area contributed by atoms with Gasteiger partial charge in [0.1, 0.15) is 0 Å². The lowest BCUT2D eigenvalue weighted by Crippen LogP contribution is -2.24. The number of primary amides is 2. The van der Waals surface area contributed by atoms with Crippen LogP contribution in [0.1, 0.15) is 27.1 Å². The van der Waals surface area contributed by atoms with Crippen LogP contribution in [0.15, 0.2) is 30.4 Å². The highest BCUT2D eigenvalue weighted by atomic mass is 16.2. The number of benzene rings is 1. The van der Waals surface area contributed by atoms with Gasteiger partial charge < -0.3 is 22.5 Å². The number of rotatable bonds is 4. The van der Waals surface area contributed by atoms with E-state index in [0.717, 1.165) is 0 Å². The summed E-state index contributed by atoms with van der Waals surface area (Å²) >= 11 is 0. The molecule has 2 rings (SSSR count). The zero-order valence-corrected chi connectivity index (χ0v) is 11.2. The molecular weight excluding hydrogens is 272 g/mol. The standard InChI is InChI=1S/C14H16N4O3/c15-10-2-1-7(4-10)14(21)18-11-5-8(12(16)19)3-9(6-11)13(17)20/h1-3,5-7,10H,4,15H2,(H2,16,19)(H2,17,20)(H,18,21). The van der Waals surface area contributed by atoms with E-state index in [1.807, 2.05) is 0 Å². The normalized spacial score (nSPS) is 20.2. The van der Waals surface area contributed by atoms with Crippen LogP contribution in [0, 0.1) is 5.92 Å². The van der Waals surface area contributed by atoms with Gasteiger partial charge in [0.05, 0.1) is 5.92 Å². The molecule has 1 aliphatic carbocycles. The highest BCUT2D eigenvalue weighted by molar-refractivity contribution is 6.02. The Balaban J connectivity index is 2.23. The summed E-state index contributed by atoms with van der Waals surface area (Å²) in [6.45, 7) is 0. The molecule has 0 spiro atoms. The van der Waals surface area contributed by atoms with Gasteiger partial charge in [0.15, 0.2) is 0 Å². The second kappa shape index (κ2) is 5.76. The smallest absolute Gasteiger partial charge is 0.248 e. The molecule has 0 radical (unpaired) electrons. The number of carbonyl (C=O) groups excluding carboxylic acids is 3. The molecule has 1 aromatic carbocycles. The number of amides is 3. The molecule has 3 amide bonds. The van der Waals surface area contributed by atoms with Crippen LogP contribution in [0.5, 0.6) is 0 Å². The second-order valence-electron chi connectivity index (χ2n) is 4.91. The second-order valence-corrected chi connectivity index (χ2v) is 4.91. The van der Waals surface area contributed by atoms with E-state index in [2.05, 4.69) is 5.32 Å². The maximum absolute atomic E-state index is 12.1. The van der Waals surface area contributed by atoms with Crippen LogP contribution in [0.4, 0.5) is 5.69 Å². The van der Waals surface area contributed by atoms with Crippen LogP contribution in [-0.4, -0.2) is 23.8 Å². The summed E-state index contributed by atoms with van der Waals surface area (Å²) in [5, 5.41) is 2.63. The first-order valence-corrected chi connectivity index (χ1v) is 6.36. The maximum Gasteiger partial charge on any atom is 0.248 e. The van der Waals surface area contributed by atoms with Gasteiger partial charge in [0.2, 0.25) is 17.7 Å². The summed E-state index contributed by atoms with van der Waals surface area (Å²) < 4.78 is 0. The molecule has 0 heterocycles. The van der Waals surface area contributed by atoms with Gasteiger partial charge in [-0.05, 0) is 24.6 Å². The lowest BCUT2D eigenvalue weighted by molar-refractivity contribution is -0.118. The third kappa shape index (κ3) is 3.46. The summed E-state index contributed by atoms with van der Waals surface area (Å²) in [5.74, 6) is -2.03. The van der Waals surface area contributed by atoms with E-state index in [-0.39, 0.29) is 29.0 Å². The van der Waals surface area contributed by atoms with Crippen molar-refractivity contribution in [2.45, 2.75) is 12.5 Å². The number of nitrogens with two attached hydrogens (primary N) is 3. The minimum atomic E-state index is -0.712. The summed E-state index contributed by atoms with van der Waals surface area (Å²) in [7, 11) is 0. The molecule has 0 saturated heterocycles. The molecule has 110 valence electrons. The minimum Gasteiger partial charge on any atom is -0.366 e. The van der Waals surface area contributed by atoms with Crippen LogP contribution in [-0.2, 0) is 4.79 Å². The van der Waals surface area contributed by atoms with E-state index in [9.17, 15) is 14.4 Å². The van der Waals surface area contributed by atoms with Crippen molar-refractivity contribution in [2.24, 2.45) is 23.1 Å². The van der Waals surface area contributed by atoms with E-state index in [1.54, 1.807) is 12.2 Å². The molecule has 0 aliphatic heterocycles. The molecule has 0 aromatic heterocycles. The molecule has 1 aromatic rings. The maximum atomic E-state index is 12.1. The Morgan fingerprint density at radius 1 is 1.00 bits per heavy atom. The molecule has 21 heavy (non-hydrogen) atoms. The van der Waals surface area contributed by atoms with Crippen molar-refractivity contribution in [3.05, 3.63) is 41.5 Å². The average molecular weight is 288 g/mol. The third-order valence-corrected chi connectivity index (χ3v) is 3.22. The predicted octanol–water partition coefficient (Wildman–Crippen LogP) is -0.274. The Bertz CT molecular complexity index is 607. The SMILES string of the molecule is NC(=O)c1cc(NC(=O)C2C=CC(N)C2)cc(C(N)=O)c1. The Morgan fingerprint density at radius 2 is 1.57 bits per heavy atom. The largest absolute Gasteiger partial charge is 0.366 e. The van der Waals surface area contributed by atoms with E-state index < -0.39 is 11.8 Å². The number of hydrogen-bond donors (Lipinski definition) is 4. The zero-order valence-electron chi connectivity index (χ0n) is 11.2. The topological polar surface area (TPSA) is 141 Å². The van der Waals surface area contributed by atoms with Crippen molar-refractivity contribution >= 4 is 23.4 Å². The highest BCUT2D eigenvalue weighted by Gasteiger charge is 2.23. The molecule has 1 aliphatic rings. The summed E-state index contributed by atoms with van der Waals surface area (Å²) in [4.78, 5) is 34.6. The third-order valence-electron chi connectivity index (χ3n) is 3.22. The number of nitrogens with one attached hydrogen (secondary N) is 1. The first-order valence-electron chi connectivity index (χ1n) is 6.36. The number of carbonyl (C=O) groups is 3. The molecule has 7 nitrogen and oxygen atoms in total. The molecular formula is C14H16N4O3. The van der Waals surface area contributed by atoms with Gasteiger partial charge in [-0.1, -0.05) is 12.2 Å². The van der Waals surface area contributed by atoms with Crippen molar-refractivity contribution in [1.82, 2.24) is 0 Å². The Morgan fingerprint density at radius 3 is 2.00 bits per heavy atom. The van der Waals surface area contributed by atoms with Crippen molar-refractivity contribution in [3.63, 3.8) is 0 Å². The van der Waals surface area contributed by atoms with Crippen LogP contribution in [0.2, 0.25) is 0 Å². The zero-order chi connectivity index (χ0) is 15.6. The molecule has 0 fully saturated rings. The molecule has 7 N–H and O–H groups in total. The summed E-state index contributed by atoms with van der Waals surface area (Å²) in [6.07, 6.45) is 4.01. The van der Waals surface area contributed by atoms with Gasteiger partial charge in [-0.15, -0.1) is 0 Å². The fourth-order valence-electron chi connectivity index (χ4n) is 2.14. The minimum absolute atomic E-state index is 0.0975. The Labute approximate surface area is 121 Å². The van der Waals surface area contributed by atoms with Crippen LogP contribution < -0.4 is 22.5 Å². The number of hydrogen-bond acceptors (Lipinski definition) is 4. The summed E-state index contributed by atoms with van der Waals surface area (Å²) in [5.41, 5.74) is 16.6. The van der Waals surface area contributed by atoms with E-state index >= 15 is 0 Å². The van der Waals surface area contributed by atoms with Gasteiger partial charge in [-0.2, -0.15) is 0 Å². The Hall–Kier alpha value is -2.67. The van der Waals surface area contributed by atoms with Gasteiger partial charge in [-0.3, -0.25) is 14.4 Å². The lowest BCUT2D eigenvalue weighted by atomic mass is 10.1. The Kier molecular flexibility index (Phi) is 4.04. The van der Waals surface area contributed by atoms with Crippen molar-refractivity contribution in [3.8, 4) is 0 Å². The van der Waals surface area contributed by atoms with Crippen LogP contribution in [0.25, 0.3) is 0 Å². The highest BCUT2D eigenvalue weighted by Crippen LogP contribution is 2.20. The quantitative estimate of drug-likeness (QED) is 0.565. The van der Waals surface area contributed by atoms with Crippen LogP contribution >= 0.6 is 0 Å². The van der Waals surface area contributed by atoms with E-state index in [1.165, 1.54) is 18.2 Å². The summed E-state index contributed by atoms with van der Waals surface area (Å²) in [6, 6.07) is 3.93.